The first-order valence-electron chi connectivity index (χ1n) is 6.66. The van der Waals surface area contributed by atoms with Gasteiger partial charge in [0.05, 0.1) is 0 Å². The number of hydrogen-bond acceptors (Lipinski definition) is 1. The molecule has 1 saturated heterocycles. The summed E-state index contributed by atoms with van der Waals surface area (Å²) in [5.41, 5.74) is 3.89. The van der Waals surface area contributed by atoms with Crippen LogP contribution in [0.4, 0.5) is 5.69 Å². The highest BCUT2D eigenvalue weighted by molar-refractivity contribution is 5.96. The molecule has 18 heavy (non-hydrogen) atoms. The van der Waals surface area contributed by atoms with Gasteiger partial charge in [-0.3, -0.25) is 4.79 Å². The lowest BCUT2D eigenvalue weighted by molar-refractivity contribution is -0.117. The molecule has 1 aromatic rings. The molecule has 1 fully saturated rings. The molecule has 2 aliphatic rings. The van der Waals surface area contributed by atoms with Crippen molar-refractivity contribution in [2.45, 2.75) is 32.1 Å². The molecule has 0 aromatic heterocycles. The molecule has 0 bridgehead atoms. The molecule has 2 nitrogen and oxygen atoms in total. The molecule has 0 spiro atoms. The minimum atomic E-state index is 0.0773. The van der Waals surface area contributed by atoms with Gasteiger partial charge in [-0.2, -0.15) is 0 Å². The zero-order chi connectivity index (χ0) is 12.5. The Bertz CT molecular complexity index is 526. The maximum absolute atomic E-state index is 11.9. The van der Waals surface area contributed by atoms with Crippen molar-refractivity contribution in [2.24, 2.45) is 5.92 Å². The summed E-state index contributed by atoms with van der Waals surface area (Å²) in [4.78, 5) is 13.8. The highest BCUT2D eigenvalue weighted by Gasteiger charge is 2.29. The summed E-state index contributed by atoms with van der Waals surface area (Å²) in [6.07, 6.45) is 10.8. The highest BCUT2D eigenvalue weighted by Crippen LogP contribution is 2.29. The SMILES string of the molecule is C#CC1CC(=O)N(c2ccc3c(c2)CCCC3)C1. The average molecular weight is 239 g/mol. The van der Waals surface area contributed by atoms with E-state index in [0.29, 0.717) is 13.0 Å². The Labute approximate surface area is 108 Å². The third-order valence-corrected chi connectivity index (χ3v) is 4.00. The van der Waals surface area contributed by atoms with Crippen molar-refractivity contribution < 1.29 is 4.79 Å². The Hall–Kier alpha value is -1.75. The van der Waals surface area contributed by atoms with E-state index < -0.39 is 0 Å². The number of aryl methyl sites for hydroxylation is 2. The van der Waals surface area contributed by atoms with Gasteiger partial charge in [-0.25, -0.2) is 0 Å². The van der Waals surface area contributed by atoms with E-state index in [9.17, 15) is 4.79 Å². The predicted octanol–water partition coefficient (Wildman–Crippen LogP) is 2.55. The van der Waals surface area contributed by atoms with Crippen LogP contribution in [0.1, 0.15) is 30.4 Å². The largest absolute Gasteiger partial charge is 0.311 e. The number of carbonyl (C=O) groups is 1. The van der Waals surface area contributed by atoms with Gasteiger partial charge in [0.2, 0.25) is 5.91 Å². The fourth-order valence-corrected chi connectivity index (χ4v) is 2.96. The Morgan fingerprint density at radius 3 is 2.72 bits per heavy atom. The van der Waals surface area contributed by atoms with E-state index in [1.54, 1.807) is 0 Å². The van der Waals surface area contributed by atoms with Crippen molar-refractivity contribution in [3.05, 3.63) is 29.3 Å². The lowest BCUT2D eigenvalue weighted by Crippen LogP contribution is -2.24. The van der Waals surface area contributed by atoms with Crippen LogP contribution in [0, 0.1) is 18.3 Å². The van der Waals surface area contributed by atoms with E-state index in [0.717, 1.165) is 12.1 Å². The van der Waals surface area contributed by atoms with Gasteiger partial charge in [-0.1, -0.05) is 6.07 Å². The van der Waals surface area contributed by atoms with E-state index in [4.69, 9.17) is 6.42 Å². The van der Waals surface area contributed by atoms with Gasteiger partial charge in [-0.15, -0.1) is 12.3 Å². The Morgan fingerprint density at radius 1 is 1.22 bits per heavy atom. The van der Waals surface area contributed by atoms with Gasteiger partial charge in [-0.05, 0) is 48.9 Å². The molecule has 1 unspecified atom stereocenters. The Kier molecular flexibility index (Phi) is 2.83. The van der Waals surface area contributed by atoms with Crippen LogP contribution in [0.5, 0.6) is 0 Å². The molecule has 1 atom stereocenters. The van der Waals surface area contributed by atoms with Crippen LogP contribution in [-0.4, -0.2) is 12.5 Å². The highest BCUT2D eigenvalue weighted by atomic mass is 16.2. The van der Waals surface area contributed by atoms with Gasteiger partial charge in [0.25, 0.3) is 0 Å². The molecule has 1 aliphatic carbocycles. The standard InChI is InChI=1S/C16H17NO/c1-2-12-9-16(18)17(11-12)15-8-7-13-5-3-4-6-14(13)10-15/h1,7-8,10,12H,3-6,9,11H2. The molecule has 3 rings (SSSR count). The fourth-order valence-electron chi connectivity index (χ4n) is 2.96. The second-order valence-electron chi connectivity index (χ2n) is 5.23. The van der Waals surface area contributed by atoms with Crippen LogP contribution in [0.2, 0.25) is 0 Å². The third kappa shape index (κ3) is 1.90. The fraction of sp³-hybridized carbons (Fsp3) is 0.438. The van der Waals surface area contributed by atoms with Gasteiger partial charge in [0.1, 0.15) is 0 Å². The van der Waals surface area contributed by atoms with Crippen molar-refractivity contribution in [3.8, 4) is 12.3 Å². The number of rotatable bonds is 1. The maximum Gasteiger partial charge on any atom is 0.228 e. The molecule has 1 amide bonds. The van der Waals surface area contributed by atoms with E-state index in [1.165, 1.54) is 30.4 Å². The number of carbonyl (C=O) groups excluding carboxylic acids is 1. The van der Waals surface area contributed by atoms with Crippen LogP contribution in [0.25, 0.3) is 0 Å². The van der Waals surface area contributed by atoms with Crippen LogP contribution in [-0.2, 0) is 17.6 Å². The number of terminal acetylenes is 1. The molecule has 0 radical (unpaired) electrons. The summed E-state index contributed by atoms with van der Waals surface area (Å²) in [7, 11) is 0. The topological polar surface area (TPSA) is 20.3 Å². The van der Waals surface area contributed by atoms with Crippen LogP contribution < -0.4 is 4.90 Å². The summed E-state index contributed by atoms with van der Waals surface area (Å²) >= 11 is 0. The van der Waals surface area contributed by atoms with Crippen molar-refractivity contribution in [1.29, 1.82) is 0 Å². The van der Waals surface area contributed by atoms with E-state index >= 15 is 0 Å². The summed E-state index contributed by atoms with van der Waals surface area (Å²) in [6.45, 7) is 0.675. The summed E-state index contributed by atoms with van der Waals surface area (Å²) in [6, 6.07) is 6.44. The summed E-state index contributed by atoms with van der Waals surface area (Å²) in [5.74, 6) is 2.93. The van der Waals surface area contributed by atoms with Gasteiger partial charge in [0, 0.05) is 24.6 Å². The molecule has 0 saturated carbocycles. The summed E-state index contributed by atoms with van der Waals surface area (Å²) < 4.78 is 0. The zero-order valence-corrected chi connectivity index (χ0v) is 10.5. The van der Waals surface area contributed by atoms with E-state index in [2.05, 4.69) is 24.1 Å². The van der Waals surface area contributed by atoms with Crippen LogP contribution in [0.15, 0.2) is 18.2 Å². The van der Waals surface area contributed by atoms with Gasteiger partial charge >= 0.3 is 0 Å². The van der Waals surface area contributed by atoms with Crippen LogP contribution >= 0.6 is 0 Å². The molecule has 92 valence electrons. The Morgan fingerprint density at radius 2 is 2.00 bits per heavy atom. The molecule has 1 aromatic carbocycles. The zero-order valence-electron chi connectivity index (χ0n) is 10.5. The van der Waals surface area contributed by atoms with Crippen molar-refractivity contribution in [3.63, 3.8) is 0 Å². The number of fused-ring (bicyclic) bond motifs is 1. The molecule has 2 heteroatoms. The predicted molar refractivity (Wildman–Crippen MR) is 72.4 cm³/mol. The van der Waals surface area contributed by atoms with Crippen molar-refractivity contribution >= 4 is 11.6 Å². The smallest absolute Gasteiger partial charge is 0.228 e. The maximum atomic E-state index is 11.9. The van der Waals surface area contributed by atoms with Crippen molar-refractivity contribution in [1.82, 2.24) is 0 Å². The first-order chi connectivity index (χ1) is 8.78. The lowest BCUT2D eigenvalue weighted by Gasteiger charge is -2.21. The first-order valence-corrected chi connectivity index (χ1v) is 6.66. The minimum absolute atomic E-state index is 0.0773. The number of amides is 1. The minimum Gasteiger partial charge on any atom is -0.311 e. The average Bonchev–Trinajstić information content (AvgIpc) is 2.79. The second kappa shape index (κ2) is 4.49. The monoisotopic (exact) mass is 239 g/mol. The number of hydrogen-bond donors (Lipinski definition) is 0. The van der Waals surface area contributed by atoms with Gasteiger partial charge < -0.3 is 4.90 Å². The van der Waals surface area contributed by atoms with E-state index in [1.807, 2.05) is 4.90 Å². The molecular formula is C16H17NO. The molecule has 1 aliphatic heterocycles. The van der Waals surface area contributed by atoms with Gasteiger partial charge in [0.15, 0.2) is 0 Å². The number of nitrogens with zero attached hydrogens (tertiary/aromatic N) is 1. The first kappa shape index (κ1) is 11.3. The molecular weight excluding hydrogens is 222 g/mol. The lowest BCUT2D eigenvalue weighted by atomic mass is 9.91. The second-order valence-corrected chi connectivity index (χ2v) is 5.23. The Balaban J connectivity index is 1.89. The molecule has 1 heterocycles. The van der Waals surface area contributed by atoms with Crippen LogP contribution in [0.3, 0.4) is 0 Å². The van der Waals surface area contributed by atoms with Crippen molar-refractivity contribution in [2.75, 3.05) is 11.4 Å². The quantitative estimate of drug-likeness (QED) is 0.690. The number of benzene rings is 1. The summed E-state index contributed by atoms with van der Waals surface area (Å²) in [5, 5.41) is 0. The third-order valence-electron chi connectivity index (χ3n) is 4.00. The number of anilines is 1. The van der Waals surface area contributed by atoms with E-state index in [-0.39, 0.29) is 11.8 Å². The normalized spacial score (nSPS) is 22.7. The molecule has 0 N–H and O–H groups in total.